The first-order valence-electron chi connectivity index (χ1n) is 9.66. The zero-order valence-electron chi connectivity index (χ0n) is 17.5. The Morgan fingerprint density at radius 3 is 1.86 bits per heavy atom. The molecular weight excluding hydrogens is 356 g/mol. The van der Waals surface area contributed by atoms with Crippen molar-refractivity contribution < 1.29 is 19.1 Å². The van der Waals surface area contributed by atoms with E-state index in [0.29, 0.717) is 41.4 Å². The third kappa shape index (κ3) is 5.21. The Labute approximate surface area is 167 Å². The molecule has 28 heavy (non-hydrogen) atoms. The molecular formula is C22H30N2O4. The number of nitrogens with one attached hydrogen (secondary N) is 1. The molecule has 6 nitrogen and oxygen atoms in total. The Kier molecular flexibility index (Phi) is 7.38. The summed E-state index contributed by atoms with van der Waals surface area (Å²) in [6, 6.07) is 5.44. The van der Waals surface area contributed by atoms with E-state index in [2.05, 4.69) is 10.3 Å². The summed E-state index contributed by atoms with van der Waals surface area (Å²) in [6.07, 6.45) is 1.65. The number of esters is 2. The molecule has 1 aromatic heterocycles. The van der Waals surface area contributed by atoms with Gasteiger partial charge in [0.2, 0.25) is 0 Å². The highest BCUT2D eigenvalue weighted by Crippen LogP contribution is 2.38. The van der Waals surface area contributed by atoms with Crippen molar-refractivity contribution in [2.24, 2.45) is 11.8 Å². The lowest BCUT2D eigenvalue weighted by atomic mass is 9.82. The van der Waals surface area contributed by atoms with Crippen molar-refractivity contribution in [3.05, 3.63) is 52.6 Å². The predicted octanol–water partition coefficient (Wildman–Crippen LogP) is 3.71. The fourth-order valence-corrected chi connectivity index (χ4v) is 3.02. The molecule has 2 heterocycles. The molecule has 0 bridgehead atoms. The van der Waals surface area contributed by atoms with Crippen LogP contribution in [0, 0.1) is 11.8 Å². The lowest BCUT2D eigenvalue weighted by molar-refractivity contribution is -0.141. The molecule has 0 saturated carbocycles. The molecule has 1 N–H and O–H groups in total. The first kappa shape index (κ1) is 21.7. The minimum atomic E-state index is -0.637. The largest absolute Gasteiger partial charge is 0.462 e. The molecule has 1 aliphatic heterocycles. The standard InChI is InChI=1S/C22H30N2O4/c1-13(2)11-27-21(25)18-15(5)24-16(6)19(22(26)28-12-14(3)4)20(18)17-9-7-8-10-23-17/h7-10,13-14,20,24H,11-12H2,1-6H3. The van der Waals surface area contributed by atoms with Crippen LogP contribution >= 0.6 is 0 Å². The molecule has 6 heteroatoms. The molecule has 0 fully saturated rings. The second-order valence-corrected chi connectivity index (χ2v) is 7.87. The molecule has 0 spiro atoms. The van der Waals surface area contributed by atoms with Crippen LogP contribution in [0.1, 0.15) is 53.2 Å². The van der Waals surface area contributed by atoms with Crippen LogP contribution in [0.4, 0.5) is 0 Å². The number of rotatable bonds is 7. The molecule has 0 amide bonds. The van der Waals surface area contributed by atoms with Gasteiger partial charge in [0.05, 0.1) is 36.0 Å². The van der Waals surface area contributed by atoms with Gasteiger partial charge in [-0.25, -0.2) is 9.59 Å². The van der Waals surface area contributed by atoms with Gasteiger partial charge in [0, 0.05) is 17.6 Å². The van der Waals surface area contributed by atoms with E-state index in [0.717, 1.165) is 0 Å². The second-order valence-electron chi connectivity index (χ2n) is 7.87. The van der Waals surface area contributed by atoms with Crippen LogP contribution in [0.15, 0.2) is 46.9 Å². The summed E-state index contributed by atoms with van der Waals surface area (Å²) in [4.78, 5) is 30.2. The van der Waals surface area contributed by atoms with Crippen molar-refractivity contribution in [1.82, 2.24) is 10.3 Å². The van der Waals surface area contributed by atoms with E-state index in [1.54, 1.807) is 12.3 Å². The Hall–Kier alpha value is -2.63. The van der Waals surface area contributed by atoms with Crippen LogP contribution < -0.4 is 5.32 Å². The van der Waals surface area contributed by atoms with Crippen molar-refractivity contribution in [2.45, 2.75) is 47.5 Å². The zero-order valence-corrected chi connectivity index (χ0v) is 17.5. The average Bonchev–Trinajstić information content (AvgIpc) is 2.64. The highest BCUT2D eigenvalue weighted by molar-refractivity contribution is 5.99. The van der Waals surface area contributed by atoms with E-state index in [1.807, 2.05) is 53.7 Å². The lowest BCUT2D eigenvalue weighted by Crippen LogP contribution is -2.33. The Morgan fingerprint density at radius 2 is 1.46 bits per heavy atom. The van der Waals surface area contributed by atoms with Crippen LogP contribution in [0.5, 0.6) is 0 Å². The van der Waals surface area contributed by atoms with Crippen molar-refractivity contribution in [1.29, 1.82) is 0 Å². The molecule has 2 rings (SSSR count). The molecule has 0 atom stereocenters. The van der Waals surface area contributed by atoms with Crippen molar-refractivity contribution in [3.8, 4) is 0 Å². The quantitative estimate of drug-likeness (QED) is 0.720. The van der Waals surface area contributed by atoms with Gasteiger partial charge < -0.3 is 14.8 Å². The molecule has 0 aliphatic carbocycles. The molecule has 0 saturated heterocycles. The second kappa shape index (κ2) is 9.53. The maximum atomic E-state index is 12.9. The van der Waals surface area contributed by atoms with Gasteiger partial charge >= 0.3 is 11.9 Å². The van der Waals surface area contributed by atoms with Crippen LogP contribution in [0.2, 0.25) is 0 Å². The zero-order chi connectivity index (χ0) is 20.8. The topological polar surface area (TPSA) is 77.5 Å². The summed E-state index contributed by atoms with van der Waals surface area (Å²) in [7, 11) is 0. The van der Waals surface area contributed by atoms with Crippen molar-refractivity contribution in [2.75, 3.05) is 13.2 Å². The fraction of sp³-hybridized carbons (Fsp3) is 0.500. The lowest BCUT2D eigenvalue weighted by Gasteiger charge is -2.30. The number of hydrogen-bond acceptors (Lipinski definition) is 6. The number of nitrogens with zero attached hydrogens (tertiary/aromatic N) is 1. The minimum Gasteiger partial charge on any atom is -0.462 e. The molecule has 0 unspecified atom stereocenters. The van der Waals surface area contributed by atoms with Crippen molar-refractivity contribution in [3.63, 3.8) is 0 Å². The molecule has 1 aromatic rings. The van der Waals surface area contributed by atoms with Gasteiger partial charge in [-0.15, -0.1) is 0 Å². The Bertz CT molecular complexity index is 733. The fourth-order valence-electron chi connectivity index (χ4n) is 3.02. The summed E-state index contributed by atoms with van der Waals surface area (Å²) >= 11 is 0. The first-order chi connectivity index (χ1) is 13.2. The highest BCUT2D eigenvalue weighted by atomic mass is 16.5. The van der Waals surface area contributed by atoms with Gasteiger partial charge in [0.15, 0.2) is 0 Å². The Balaban J connectivity index is 2.47. The summed E-state index contributed by atoms with van der Waals surface area (Å²) < 4.78 is 11.0. The number of dihydropyridines is 1. The predicted molar refractivity (Wildman–Crippen MR) is 107 cm³/mol. The van der Waals surface area contributed by atoms with E-state index in [9.17, 15) is 9.59 Å². The summed E-state index contributed by atoms with van der Waals surface area (Å²) in [5, 5.41) is 3.15. The van der Waals surface area contributed by atoms with E-state index in [-0.39, 0.29) is 11.8 Å². The maximum Gasteiger partial charge on any atom is 0.336 e. The van der Waals surface area contributed by atoms with E-state index < -0.39 is 17.9 Å². The van der Waals surface area contributed by atoms with Crippen LogP contribution in [-0.2, 0) is 19.1 Å². The molecule has 1 aliphatic rings. The maximum absolute atomic E-state index is 12.9. The van der Waals surface area contributed by atoms with E-state index in [1.165, 1.54) is 0 Å². The third-order valence-corrected chi connectivity index (χ3v) is 4.28. The van der Waals surface area contributed by atoms with Gasteiger partial charge in [0.25, 0.3) is 0 Å². The number of pyridine rings is 1. The normalized spacial score (nSPS) is 15.1. The highest BCUT2D eigenvalue weighted by Gasteiger charge is 2.38. The number of ether oxygens (including phenoxy) is 2. The molecule has 152 valence electrons. The van der Waals surface area contributed by atoms with Gasteiger partial charge in [0.1, 0.15) is 0 Å². The number of aromatic nitrogens is 1. The molecule has 0 aromatic carbocycles. The molecule has 0 radical (unpaired) electrons. The summed E-state index contributed by atoms with van der Waals surface area (Å²) in [6.45, 7) is 12.1. The number of hydrogen-bond donors (Lipinski definition) is 1. The van der Waals surface area contributed by atoms with Gasteiger partial charge in [-0.2, -0.15) is 0 Å². The first-order valence-corrected chi connectivity index (χ1v) is 9.66. The number of carbonyl (C=O) groups is 2. The SMILES string of the molecule is CC1=C(C(=O)OCC(C)C)C(c2ccccn2)C(C(=O)OCC(C)C)=C(C)N1. The van der Waals surface area contributed by atoms with Crippen LogP contribution in [0.25, 0.3) is 0 Å². The number of carbonyl (C=O) groups excluding carboxylic acids is 2. The van der Waals surface area contributed by atoms with Gasteiger partial charge in [-0.3, -0.25) is 4.98 Å². The smallest absolute Gasteiger partial charge is 0.336 e. The Morgan fingerprint density at radius 1 is 0.964 bits per heavy atom. The summed E-state index contributed by atoms with van der Waals surface area (Å²) in [5.74, 6) is -1.11. The summed E-state index contributed by atoms with van der Waals surface area (Å²) in [5.41, 5.74) is 2.70. The number of allylic oxidation sites excluding steroid dienone is 2. The van der Waals surface area contributed by atoms with Crippen LogP contribution in [0.3, 0.4) is 0 Å². The van der Waals surface area contributed by atoms with E-state index in [4.69, 9.17) is 9.47 Å². The van der Waals surface area contributed by atoms with Gasteiger partial charge in [-0.05, 0) is 37.8 Å². The third-order valence-electron chi connectivity index (χ3n) is 4.28. The van der Waals surface area contributed by atoms with Gasteiger partial charge in [-0.1, -0.05) is 33.8 Å². The van der Waals surface area contributed by atoms with E-state index >= 15 is 0 Å². The van der Waals surface area contributed by atoms with Crippen molar-refractivity contribution >= 4 is 11.9 Å². The average molecular weight is 386 g/mol. The van der Waals surface area contributed by atoms with Crippen LogP contribution in [-0.4, -0.2) is 30.1 Å². The monoisotopic (exact) mass is 386 g/mol. The minimum absolute atomic E-state index is 0.211.